The van der Waals surface area contributed by atoms with Crippen molar-refractivity contribution in [1.82, 2.24) is 0 Å². The molecule has 5 nitrogen and oxygen atoms in total. The van der Waals surface area contributed by atoms with E-state index in [1.165, 1.54) is 6.08 Å². The highest BCUT2D eigenvalue weighted by Crippen LogP contribution is 2.33. The number of hydrogen-bond donors (Lipinski definition) is 1. The molecule has 0 aromatic heterocycles. The summed E-state index contributed by atoms with van der Waals surface area (Å²) in [5, 5.41) is 3.09. The third-order valence-electron chi connectivity index (χ3n) is 2.60. The molecule has 21 heavy (non-hydrogen) atoms. The van der Waals surface area contributed by atoms with E-state index in [0.717, 1.165) is 0 Å². The summed E-state index contributed by atoms with van der Waals surface area (Å²) in [4.78, 5) is 26.2. The molecular formula is C15H19ClN2O3. The molecular weight excluding hydrogens is 292 g/mol. The molecule has 0 atom stereocenters. The summed E-state index contributed by atoms with van der Waals surface area (Å²) >= 11 is 5.96. The van der Waals surface area contributed by atoms with Gasteiger partial charge in [0.1, 0.15) is 5.60 Å². The van der Waals surface area contributed by atoms with Crippen LogP contribution in [0.5, 0.6) is 0 Å². The fourth-order valence-electron chi connectivity index (χ4n) is 1.74. The van der Waals surface area contributed by atoms with Gasteiger partial charge in [-0.3, -0.25) is 5.32 Å². The van der Waals surface area contributed by atoms with Crippen LogP contribution in [0.4, 0.5) is 10.5 Å². The van der Waals surface area contributed by atoms with Gasteiger partial charge in [0.25, 0.3) is 0 Å². The van der Waals surface area contributed by atoms with Crippen LogP contribution in [0.2, 0.25) is 5.02 Å². The number of amides is 1. The molecule has 6 heteroatoms. The molecule has 0 aliphatic carbocycles. The van der Waals surface area contributed by atoms with Crippen molar-refractivity contribution >= 4 is 29.5 Å². The highest BCUT2D eigenvalue weighted by Gasteiger charge is 2.25. The molecule has 1 aromatic carbocycles. The molecule has 1 N–H and O–H groups in total. The average molecular weight is 311 g/mol. The Hall–Kier alpha value is -1.84. The molecule has 0 unspecified atom stereocenters. The number of benzene rings is 1. The standard InChI is InChI=1S/C15H19ClN2O3/c1-14(2,3)21-13(20)18-12-8-10(16)6-7-11(12)15(4,5)17-9-19/h6-8H,1-5H3,(H,18,20). The Morgan fingerprint density at radius 2 is 1.90 bits per heavy atom. The van der Waals surface area contributed by atoms with Crippen LogP contribution >= 0.6 is 11.6 Å². The minimum Gasteiger partial charge on any atom is -0.444 e. The normalized spacial score (nSPS) is 11.5. The van der Waals surface area contributed by atoms with Gasteiger partial charge < -0.3 is 4.74 Å². The van der Waals surface area contributed by atoms with Crippen molar-refractivity contribution in [2.45, 2.75) is 45.8 Å². The Balaban J connectivity index is 3.14. The fourth-order valence-corrected chi connectivity index (χ4v) is 1.91. The van der Waals surface area contributed by atoms with Crippen molar-refractivity contribution in [1.29, 1.82) is 0 Å². The predicted octanol–water partition coefficient (Wildman–Crippen LogP) is 4.26. The smallest absolute Gasteiger partial charge is 0.412 e. The summed E-state index contributed by atoms with van der Waals surface area (Å²) in [5.74, 6) is 0. The lowest BCUT2D eigenvalue weighted by Crippen LogP contribution is -2.28. The van der Waals surface area contributed by atoms with E-state index in [-0.39, 0.29) is 0 Å². The van der Waals surface area contributed by atoms with Gasteiger partial charge in [-0.25, -0.2) is 9.59 Å². The Kier molecular flexibility index (Phi) is 5.15. The molecule has 0 aliphatic heterocycles. The van der Waals surface area contributed by atoms with Gasteiger partial charge in [-0.15, -0.1) is 0 Å². The number of nitrogens with zero attached hydrogens (tertiary/aromatic N) is 1. The van der Waals surface area contributed by atoms with Crippen molar-refractivity contribution in [3.05, 3.63) is 28.8 Å². The van der Waals surface area contributed by atoms with Crippen molar-refractivity contribution in [2.75, 3.05) is 5.32 Å². The van der Waals surface area contributed by atoms with Gasteiger partial charge in [0, 0.05) is 10.6 Å². The number of anilines is 1. The van der Waals surface area contributed by atoms with E-state index in [4.69, 9.17) is 16.3 Å². The van der Waals surface area contributed by atoms with Gasteiger partial charge in [0.2, 0.25) is 6.08 Å². The first-order chi connectivity index (χ1) is 9.55. The van der Waals surface area contributed by atoms with Gasteiger partial charge in [0.15, 0.2) is 0 Å². The largest absolute Gasteiger partial charge is 0.444 e. The maximum atomic E-state index is 11.9. The van der Waals surface area contributed by atoms with Crippen molar-refractivity contribution in [3.63, 3.8) is 0 Å². The second-order valence-corrected chi connectivity index (χ2v) is 6.52. The number of aliphatic imine (C=N–C) groups is 1. The molecule has 0 fully saturated rings. The van der Waals surface area contributed by atoms with Crippen LogP contribution in [-0.2, 0) is 15.1 Å². The van der Waals surface area contributed by atoms with E-state index >= 15 is 0 Å². The summed E-state index contributed by atoms with van der Waals surface area (Å²) in [7, 11) is 0. The quantitative estimate of drug-likeness (QED) is 0.670. The van der Waals surface area contributed by atoms with Gasteiger partial charge in [-0.1, -0.05) is 17.7 Å². The third kappa shape index (κ3) is 5.21. The highest BCUT2D eigenvalue weighted by atomic mass is 35.5. The predicted molar refractivity (Wildman–Crippen MR) is 82.5 cm³/mol. The van der Waals surface area contributed by atoms with Gasteiger partial charge in [-0.2, -0.15) is 4.99 Å². The molecule has 1 amide bonds. The highest BCUT2D eigenvalue weighted by molar-refractivity contribution is 6.31. The maximum absolute atomic E-state index is 11.9. The minimum atomic E-state index is -0.837. The Morgan fingerprint density at radius 1 is 1.29 bits per heavy atom. The molecule has 0 saturated heterocycles. The zero-order valence-electron chi connectivity index (χ0n) is 12.8. The van der Waals surface area contributed by atoms with Crippen molar-refractivity contribution in [2.24, 2.45) is 4.99 Å². The molecule has 0 spiro atoms. The lowest BCUT2D eigenvalue weighted by molar-refractivity contribution is 0.0635. The van der Waals surface area contributed by atoms with Crippen LogP contribution < -0.4 is 5.32 Å². The Labute approximate surface area is 129 Å². The monoisotopic (exact) mass is 310 g/mol. The van der Waals surface area contributed by atoms with Crippen molar-refractivity contribution in [3.8, 4) is 0 Å². The first-order valence-corrected chi connectivity index (χ1v) is 6.82. The van der Waals surface area contributed by atoms with E-state index in [0.29, 0.717) is 16.3 Å². The fraction of sp³-hybridized carbons (Fsp3) is 0.467. The number of nitrogens with one attached hydrogen (secondary N) is 1. The zero-order chi connectivity index (χ0) is 16.3. The van der Waals surface area contributed by atoms with E-state index < -0.39 is 17.2 Å². The Bertz CT molecular complexity index is 585. The molecule has 0 aliphatic rings. The summed E-state index contributed by atoms with van der Waals surface area (Å²) < 4.78 is 5.21. The maximum Gasteiger partial charge on any atom is 0.412 e. The molecule has 0 radical (unpaired) electrons. The zero-order valence-corrected chi connectivity index (χ0v) is 13.5. The summed E-state index contributed by atoms with van der Waals surface area (Å²) in [5.41, 5.74) is -0.363. The SMILES string of the molecule is CC(C)(C)OC(=O)Nc1cc(Cl)ccc1C(C)(C)N=C=O. The first kappa shape index (κ1) is 17.2. The lowest BCUT2D eigenvalue weighted by atomic mass is 9.93. The molecule has 0 heterocycles. The van der Waals surface area contributed by atoms with E-state index in [9.17, 15) is 9.59 Å². The molecule has 0 bridgehead atoms. The second-order valence-electron chi connectivity index (χ2n) is 6.08. The van der Waals surface area contributed by atoms with Crippen LogP contribution in [0, 0.1) is 0 Å². The van der Waals surface area contributed by atoms with Gasteiger partial charge >= 0.3 is 6.09 Å². The summed E-state index contributed by atoms with van der Waals surface area (Å²) in [6, 6.07) is 4.96. The molecule has 1 rings (SSSR count). The second kappa shape index (κ2) is 6.29. The minimum absolute atomic E-state index is 0.445. The molecule has 114 valence electrons. The van der Waals surface area contributed by atoms with Crippen LogP contribution in [0.15, 0.2) is 23.2 Å². The summed E-state index contributed by atoms with van der Waals surface area (Å²) in [6.07, 6.45) is 0.938. The van der Waals surface area contributed by atoms with E-state index in [1.807, 2.05) is 0 Å². The van der Waals surface area contributed by atoms with Gasteiger partial charge in [0.05, 0.1) is 11.2 Å². The molecule has 0 saturated carbocycles. The van der Waals surface area contributed by atoms with E-state index in [1.54, 1.807) is 52.8 Å². The molecule has 1 aromatic rings. The number of halogens is 1. The van der Waals surface area contributed by atoms with Crippen LogP contribution in [0.3, 0.4) is 0 Å². The van der Waals surface area contributed by atoms with Crippen LogP contribution in [0.25, 0.3) is 0 Å². The first-order valence-electron chi connectivity index (χ1n) is 6.44. The van der Waals surface area contributed by atoms with Gasteiger partial charge in [-0.05, 0) is 46.8 Å². The number of ether oxygens (including phenoxy) is 1. The number of isocyanates is 1. The number of carbonyl (C=O) groups excluding carboxylic acids is 2. The van der Waals surface area contributed by atoms with Crippen LogP contribution in [0.1, 0.15) is 40.2 Å². The number of carbonyl (C=O) groups is 1. The topological polar surface area (TPSA) is 67.8 Å². The van der Waals surface area contributed by atoms with Crippen molar-refractivity contribution < 1.29 is 14.3 Å². The summed E-state index contributed by atoms with van der Waals surface area (Å²) in [6.45, 7) is 8.78. The average Bonchev–Trinajstić information content (AvgIpc) is 2.25. The Morgan fingerprint density at radius 3 is 2.43 bits per heavy atom. The third-order valence-corrected chi connectivity index (χ3v) is 2.84. The lowest BCUT2D eigenvalue weighted by Gasteiger charge is -2.24. The number of hydrogen-bond acceptors (Lipinski definition) is 4. The van der Waals surface area contributed by atoms with Crippen LogP contribution in [-0.4, -0.2) is 17.8 Å². The van der Waals surface area contributed by atoms with E-state index in [2.05, 4.69) is 10.3 Å². The number of rotatable bonds is 3.